The molecule has 0 spiro atoms. The average Bonchev–Trinajstić information content (AvgIpc) is 2.37. The number of ether oxygens (including phenoxy) is 1. The Morgan fingerprint density at radius 1 is 1.47 bits per heavy atom. The van der Waals surface area contributed by atoms with Gasteiger partial charge < -0.3 is 4.74 Å². The third-order valence-electron chi connectivity index (χ3n) is 2.33. The van der Waals surface area contributed by atoms with E-state index in [1.165, 1.54) is 12.1 Å². The number of hydrogen-bond acceptors (Lipinski definition) is 5. The molecule has 0 N–H and O–H groups in total. The maximum absolute atomic E-state index is 11.8. The first-order valence-electron chi connectivity index (χ1n) is 5.52. The van der Waals surface area contributed by atoms with Crippen molar-refractivity contribution < 1.29 is 19.2 Å². The van der Waals surface area contributed by atoms with Crippen LogP contribution in [0.5, 0.6) is 0 Å². The normalized spacial score (nSPS) is 11.7. The van der Waals surface area contributed by atoms with E-state index >= 15 is 0 Å². The summed E-state index contributed by atoms with van der Waals surface area (Å²) in [4.78, 5) is 33.0. The first kappa shape index (κ1) is 15.3. The van der Waals surface area contributed by atoms with Gasteiger partial charge in [-0.2, -0.15) is 0 Å². The minimum absolute atomic E-state index is 0.0394. The first-order valence-corrected chi connectivity index (χ1v) is 6.43. The third-order valence-corrected chi connectivity index (χ3v) is 2.75. The molecule has 19 heavy (non-hydrogen) atoms. The van der Waals surface area contributed by atoms with Gasteiger partial charge in [0.25, 0.3) is 5.69 Å². The number of carbonyl (C=O) groups excluding carboxylic acids is 2. The van der Waals surface area contributed by atoms with Crippen molar-refractivity contribution in [3.8, 4) is 0 Å². The summed E-state index contributed by atoms with van der Waals surface area (Å²) in [6, 6.07) is 3.67. The minimum Gasteiger partial charge on any atom is -0.462 e. The van der Waals surface area contributed by atoms with Gasteiger partial charge in [0.15, 0.2) is 5.78 Å². The molecule has 0 aliphatic rings. The molecule has 0 aromatic heterocycles. The van der Waals surface area contributed by atoms with Crippen LogP contribution in [0.15, 0.2) is 18.2 Å². The molecule has 1 rings (SSSR count). The fourth-order valence-corrected chi connectivity index (χ4v) is 1.69. The van der Waals surface area contributed by atoms with Gasteiger partial charge in [-0.25, -0.2) is 4.79 Å². The SMILES string of the molecule is CCOC(=O)c1ccc(C(=O)C(C)Br)c([N+](=O)[O-])c1. The number of Topliss-reactive ketones (excluding diaryl/α,β-unsaturated/α-hetero) is 1. The fourth-order valence-electron chi connectivity index (χ4n) is 1.45. The van der Waals surface area contributed by atoms with Crippen LogP contribution in [0.1, 0.15) is 34.6 Å². The number of esters is 1. The highest BCUT2D eigenvalue weighted by molar-refractivity contribution is 9.10. The highest BCUT2D eigenvalue weighted by Gasteiger charge is 2.24. The molecular weight excluding hydrogens is 318 g/mol. The van der Waals surface area contributed by atoms with Crippen LogP contribution in [0.3, 0.4) is 0 Å². The predicted octanol–water partition coefficient (Wildman–Crippen LogP) is 2.74. The van der Waals surface area contributed by atoms with E-state index in [2.05, 4.69) is 15.9 Å². The fraction of sp³-hybridized carbons (Fsp3) is 0.333. The van der Waals surface area contributed by atoms with Gasteiger partial charge in [0, 0.05) is 6.07 Å². The molecule has 0 saturated carbocycles. The van der Waals surface area contributed by atoms with Crippen molar-refractivity contribution in [2.75, 3.05) is 6.61 Å². The van der Waals surface area contributed by atoms with E-state index in [0.29, 0.717) is 0 Å². The molecule has 1 unspecified atom stereocenters. The summed E-state index contributed by atoms with van der Waals surface area (Å²) >= 11 is 3.07. The van der Waals surface area contributed by atoms with E-state index in [-0.39, 0.29) is 17.7 Å². The zero-order valence-electron chi connectivity index (χ0n) is 10.4. The van der Waals surface area contributed by atoms with E-state index in [1.54, 1.807) is 13.8 Å². The van der Waals surface area contributed by atoms with Gasteiger partial charge in [0.05, 0.1) is 27.5 Å². The Kier molecular flexibility index (Phi) is 5.17. The molecule has 0 fully saturated rings. The summed E-state index contributed by atoms with van der Waals surface area (Å²) in [5, 5.41) is 11.0. The molecular formula is C12H12BrNO5. The molecule has 1 aromatic rings. The van der Waals surface area contributed by atoms with Gasteiger partial charge in [0.1, 0.15) is 0 Å². The van der Waals surface area contributed by atoms with E-state index in [4.69, 9.17) is 4.74 Å². The number of nitrogens with zero attached hydrogens (tertiary/aromatic N) is 1. The van der Waals surface area contributed by atoms with Gasteiger partial charge >= 0.3 is 5.97 Å². The van der Waals surface area contributed by atoms with Gasteiger partial charge in [0.2, 0.25) is 0 Å². The second kappa shape index (κ2) is 6.42. The largest absolute Gasteiger partial charge is 0.462 e. The number of benzene rings is 1. The second-order valence-corrected chi connectivity index (χ2v) is 5.06. The van der Waals surface area contributed by atoms with Gasteiger partial charge in [-0.1, -0.05) is 15.9 Å². The number of nitro groups is 1. The summed E-state index contributed by atoms with van der Waals surface area (Å²) in [6.07, 6.45) is 0. The number of alkyl halides is 1. The molecule has 0 amide bonds. The lowest BCUT2D eigenvalue weighted by Crippen LogP contribution is -2.13. The summed E-state index contributed by atoms with van der Waals surface area (Å²) < 4.78 is 4.75. The summed E-state index contributed by atoms with van der Waals surface area (Å²) in [5.74, 6) is -1.07. The highest BCUT2D eigenvalue weighted by Crippen LogP contribution is 2.24. The predicted molar refractivity (Wildman–Crippen MR) is 71.8 cm³/mol. The van der Waals surface area contributed by atoms with Gasteiger partial charge in [-0.3, -0.25) is 14.9 Å². The topological polar surface area (TPSA) is 86.5 Å². The Labute approximate surface area is 118 Å². The lowest BCUT2D eigenvalue weighted by atomic mass is 10.0. The number of nitro benzene ring substituents is 1. The molecule has 0 saturated heterocycles. The van der Waals surface area contributed by atoms with Crippen molar-refractivity contribution in [2.24, 2.45) is 0 Å². The standard InChI is InChI=1S/C12H12BrNO5/c1-3-19-12(16)8-4-5-9(11(15)7(2)13)10(6-8)14(17)18/h4-7H,3H2,1-2H3. The Balaban J connectivity index is 3.26. The molecule has 0 bridgehead atoms. The number of hydrogen-bond donors (Lipinski definition) is 0. The Hall–Kier alpha value is -1.76. The van der Waals surface area contributed by atoms with Crippen molar-refractivity contribution in [1.29, 1.82) is 0 Å². The quantitative estimate of drug-likeness (QED) is 0.272. The number of halogens is 1. The van der Waals surface area contributed by atoms with Gasteiger partial charge in [-0.15, -0.1) is 0 Å². The molecule has 0 aliphatic carbocycles. The van der Waals surface area contributed by atoms with Crippen molar-refractivity contribution in [2.45, 2.75) is 18.7 Å². The smallest absolute Gasteiger partial charge is 0.338 e. The average molecular weight is 330 g/mol. The van der Waals surface area contributed by atoms with E-state index in [0.717, 1.165) is 6.07 Å². The van der Waals surface area contributed by atoms with Crippen LogP contribution in [-0.4, -0.2) is 28.1 Å². The second-order valence-electron chi connectivity index (χ2n) is 3.69. The van der Waals surface area contributed by atoms with Crippen LogP contribution in [0.2, 0.25) is 0 Å². The zero-order valence-corrected chi connectivity index (χ0v) is 12.0. The van der Waals surface area contributed by atoms with Crippen LogP contribution in [-0.2, 0) is 4.74 Å². The van der Waals surface area contributed by atoms with Crippen LogP contribution in [0, 0.1) is 10.1 Å². The molecule has 1 atom stereocenters. The Morgan fingerprint density at radius 2 is 2.11 bits per heavy atom. The zero-order chi connectivity index (χ0) is 14.6. The number of ketones is 1. The molecule has 102 valence electrons. The summed E-state index contributed by atoms with van der Waals surface area (Å²) in [5.41, 5.74) is -0.392. The minimum atomic E-state index is -0.689. The van der Waals surface area contributed by atoms with Crippen LogP contribution < -0.4 is 0 Å². The maximum atomic E-state index is 11.8. The van der Waals surface area contributed by atoms with E-state index in [9.17, 15) is 19.7 Å². The van der Waals surface area contributed by atoms with E-state index in [1.807, 2.05) is 0 Å². The van der Waals surface area contributed by atoms with Crippen LogP contribution >= 0.6 is 15.9 Å². The molecule has 0 aliphatic heterocycles. The first-order chi connectivity index (χ1) is 8.88. The number of carbonyl (C=O) groups is 2. The van der Waals surface area contributed by atoms with Crippen molar-refractivity contribution in [3.63, 3.8) is 0 Å². The van der Waals surface area contributed by atoms with Crippen molar-refractivity contribution in [3.05, 3.63) is 39.4 Å². The molecule has 0 heterocycles. The highest BCUT2D eigenvalue weighted by atomic mass is 79.9. The van der Waals surface area contributed by atoms with Crippen LogP contribution in [0.25, 0.3) is 0 Å². The Bertz CT molecular complexity index is 527. The molecule has 1 aromatic carbocycles. The Morgan fingerprint density at radius 3 is 2.58 bits per heavy atom. The third kappa shape index (κ3) is 3.60. The van der Waals surface area contributed by atoms with E-state index < -0.39 is 27.2 Å². The number of rotatable bonds is 5. The molecule has 0 radical (unpaired) electrons. The lowest BCUT2D eigenvalue weighted by Gasteiger charge is -2.06. The lowest BCUT2D eigenvalue weighted by molar-refractivity contribution is -0.385. The summed E-state index contributed by atoms with van der Waals surface area (Å²) in [7, 11) is 0. The summed E-state index contributed by atoms with van der Waals surface area (Å²) in [6.45, 7) is 3.38. The maximum Gasteiger partial charge on any atom is 0.338 e. The monoisotopic (exact) mass is 329 g/mol. The van der Waals surface area contributed by atoms with Crippen molar-refractivity contribution >= 4 is 33.4 Å². The van der Waals surface area contributed by atoms with Crippen LogP contribution in [0.4, 0.5) is 5.69 Å². The molecule has 7 heteroatoms. The van der Waals surface area contributed by atoms with Gasteiger partial charge in [-0.05, 0) is 26.0 Å². The van der Waals surface area contributed by atoms with Crippen molar-refractivity contribution in [1.82, 2.24) is 0 Å². The molecule has 6 nitrogen and oxygen atoms in total.